The Morgan fingerprint density at radius 3 is 2.56 bits per heavy atom. The number of aryl methyl sites for hydroxylation is 1. The number of hydrogen-bond acceptors (Lipinski definition) is 1. The number of carbonyl (C=O) groups excluding carboxylic acids is 1. The van der Waals surface area contributed by atoms with Crippen molar-refractivity contribution in [3.8, 4) is 0 Å². The van der Waals surface area contributed by atoms with Gasteiger partial charge in [-0.25, -0.2) is 0 Å². The highest BCUT2D eigenvalue weighted by Gasteiger charge is 2.05. The molecule has 0 radical (unpaired) electrons. The second-order valence-electron chi connectivity index (χ2n) is 4.71. The molecule has 1 aromatic carbocycles. The lowest BCUT2D eigenvalue weighted by Crippen LogP contribution is -2.24. The highest BCUT2D eigenvalue weighted by molar-refractivity contribution is 6.18. The molecule has 18 heavy (non-hydrogen) atoms. The van der Waals surface area contributed by atoms with E-state index >= 15 is 0 Å². The summed E-state index contributed by atoms with van der Waals surface area (Å²) in [4.78, 5) is 11.8. The summed E-state index contributed by atoms with van der Waals surface area (Å²) in [7, 11) is 0. The number of halogens is 1. The third kappa shape index (κ3) is 5.09. The van der Waals surface area contributed by atoms with E-state index in [-0.39, 0.29) is 5.91 Å². The van der Waals surface area contributed by atoms with Gasteiger partial charge < -0.3 is 5.32 Å². The van der Waals surface area contributed by atoms with Gasteiger partial charge in [0.15, 0.2) is 0 Å². The van der Waals surface area contributed by atoms with Crippen molar-refractivity contribution in [2.24, 2.45) is 5.92 Å². The van der Waals surface area contributed by atoms with Gasteiger partial charge in [-0.3, -0.25) is 4.79 Å². The summed E-state index contributed by atoms with van der Waals surface area (Å²) in [6, 6.07) is 7.78. The predicted octanol–water partition coefficient (Wildman–Crippen LogP) is 3.63. The molecule has 2 nitrogen and oxygen atoms in total. The van der Waals surface area contributed by atoms with Gasteiger partial charge in [0.2, 0.25) is 0 Å². The number of nitrogens with one attached hydrogen (secondary N) is 1. The van der Waals surface area contributed by atoms with Crippen LogP contribution in [0.25, 0.3) is 0 Å². The Balaban J connectivity index is 2.31. The molecule has 1 aromatic rings. The number of hydrogen-bond donors (Lipinski definition) is 1. The summed E-state index contributed by atoms with van der Waals surface area (Å²) in [5, 5.41) is 2.93. The Hall–Kier alpha value is -1.02. The van der Waals surface area contributed by atoms with Crippen LogP contribution in [-0.4, -0.2) is 18.3 Å². The number of benzene rings is 1. The quantitative estimate of drug-likeness (QED) is 0.593. The van der Waals surface area contributed by atoms with Crippen LogP contribution in [0.2, 0.25) is 0 Å². The van der Waals surface area contributed by atoms with Gasteiger partial charge in [0.25, 0.3) is 5.91 Å². The Bertz CT molecular complexity index is 361. The summed E-state index contributed by atoms with van der Waals surface area (Å²) < 4.78 is 0. The maximum absolute atomic E-state index is 11.8. The van der Waals surface area contributed by atoms with E-state index in [0.29, 0.717) is 11.8 Å². The fourth-order valence-corrected chi connectivity index (χ4v) is 1.88. The molecule has 0 fully saturated rings. The van der Waals surface area contributed by atoms with Gasteiger partial charge >= 0.3 is 0 Å². The van der Waals surface area contributed by atoms with Crippen molar-refractivity contribution in [1.82, 2.24) is 5.32 Å². The normalized spacial score (nSPS) is 12.2. The highest BCUT2D eigenvalue weighted by atomic mass is 35.5. The lowest BCUT2D eigenvalue weighted by atomic mass is 10.1. The van der Waals surface area contributed by atoms with E-state index < -0.39 is 0 Å². The summed E-state index contributed by atoms with van der Waals surface area (Å²) in [6.07, 6.45) is 3.03. The van der Waals surface area contributed by atoms with Crippen molar-refractivity contribution >= 4 is 17.5 Å². The molecule has 0 saturated carbocycles. The third-order valence-corrected chi connectivity index (χ3v) is 3.57. The lowest BCUT2D eigenvalue weighted by molar-refractivity contribution is 0.0952. The van der Waals surface area contributed by atoms with Crippen LogP contribution < -0.4 is 5.32 Å². The first-order valence-corrected chi connectivity index (χ1v) is 7.14. The van der Waals surface area contributed by atoms with Crippen LogP contribution in [-0.2, 0) is 6.42 Å². The van der Waals surface area contributed by atoms with Gasteiger partial charge in [-0.15, -0.1) is 11.6 Å². The van der Waals surface area contributed by atoms with Gasteiger partial charge in [0.05, 0.1) is 0 Å². The molecule has 0 bridgehead atoms. The molecular weight excluding hydrogens is 246 g/mol. The molecule has 0 saturated heterocycles. The molecule has 0 aromatic heterocycles. The molecule has 0 spiro atoms. The number of rotatable bonds is 7. The van der Waals surface area contributed by atoms with Gasteiger partial charge in [-0.05, 0) is 42.9 Å². The second-order valence-corrected chi connectivity index (χ2v) is 5.02. The molecular formula is C15H22ClNO. The molecule has 3 heteroatoms. The van der Waals surface area contributed by atoms with E-state index in [1.807, 2.05) is 24.3 Å². The monoisotopic (exact) mass is 267 g/mol. The minimum atomic E-state index is 0.0104. The van der Waals surface area contributed by atoms with Crippen LogP contribution >= 0.6 is 11.6 Å². The first-order valence-electron chi connectivity index (χ1n) is 6.60. The van der Waals surface area contributed by atoms with Crippen LogP contribution in [0.3, 0.4) is 0 Å². The SMILES string of the molecule is CCc1ccc(C(=O)NCCCC(C)CCl)cc1. The summed E-state index contributed by atoms with van der Waals surface area (Å²) in [5.41, 5.74) is 1.99. The van der Waals surface area contributed by atoms with E-state index in [9.17, 15) is 4.79 Å². The second kappa shape index (κ2) is 8.15. The van der Waals surface area contributed by atoms with Gasteiger partial charge in [-0.1, -0.05) is 26.0 Å². The largest absolute Gasteiger partial charge is 0.352 e. The van der Waals surface area contributed by atoms with E-state index in [2.05, 4.69) is 19.2 Å². The van der Waals surface area contributed by atoms with Crippen LogP contribution in [0, 0.1) is 5.92 Å². The Labute approximate surface area is 115 Å². The highest BCUT2D eigenvalue weighted by Crippen LogP contribution is 2.07. The first kappa shape index (κ1) is 15.0. The zero-order chi connectivity index (χ0) is 13.4. The maximum Gasteiger partial charge on any atom is 0.251 e. The van der Waals surface area contributed by atoms with Crippen LogP contribution in [0.1, 0.15) is 42.6 Å². The molecule has 1 N–H and O–H groups in total. The predicted molar refractivity (Wildman–Crippen MR) is 77.3 cm³/mol. The average molecular weight is 268 g/mol. The fraction of sp³-hybridized carbons (Fsp3) is 0.533. The molecule has 0 aliphatic carbocycles. The van der Waals surface area contributed by atoms with Gasteiger partial charge in [-0.2, -0.15) is 0 Å². The minimum absolute atomic E-state index is 0.0104. The standard InChI is InChI=1S/C15H22ClNO/c1-3-13-6-8-14(9-7-13)15(18)17-10-4-5-12(2)11-16/h6-9,12H,3-5,10-11H2,1-2H3,(H,17,18). The topological polar surface area (TPSA) is 29.1 Å². The van der Waals surface area contributed by atoms with Crippen molar-refractivity contribution in [2.45, 2.75) is 33.1 Å². The summed E-state index contributed by atoms with van der Waals surface area (Å²) in [5.74, 6) is 1.22. The summed E-state index contributed by atoms with van der Waals surface area (Å²) >= 11 is 5.73. The van der Waals surface area contributed by atoms with Crippen LogP contribution in [0.4, 0.5) is 0 Å². The van der Waals surface area contributed by atoms with Crippen molar-refractivity contribution in [2.75, 3.05) is 12.4 Å². The van der Waals surface area contributed by atoms with Crippen molar-refractivity contribution in [3.05, 3.63) is 35.4 Å². The Morgan fingerprint density at radius 2 is 2.00 bits per heavy atom. The number of carbonyl (C=O) groups is 1. The maximum atomic E-state index is 11.8. The molecule has 1 amide bonds. The van der Waals surface area contributed by atoms with E-state index in [1.165, 1.54) is 5.56 Å². The molecule has 100 valence electrons. The van der Waals surface area contributed by atoms with E-state index in [1.54, 1.807) is 0 Å². The zero-order valence-corrected chi connectivity index (χ0v) is 12.0. The van der Waals surface area contributed by atoms with Crippen LogP contribution in [0.15, 0.2) is 24.3 Å². The number of alkyl halides is 1. The van der Waals surface area contributed by atoms with Crippen LogP contribution in [0.5, 0.6) is 0 Å². The first-order chi connectivity index (χ1) is 8.67. The minimum Gasteiger partial charge on any atom is -0.352 e. The van der Waals surface area contributed by atoms with E-state index in [0.717, 1.165) is 31.4 Å². The third-order valence-electron chi connectivity index (χ3n) is 3.05. The van der Waals surface area contributed by atoms with E-state index in [4.69, 9.17) is 11.6 Å². The Morgan fingerprint density at radius 1 is 1.33 bits per heavy atom. The van der Waals surface area contributed by atoms with Crippen molar-refractivity contribution in [3.63, 3.8) is 0 Å². The molecule has 0 aliphatic rings. The fourth-order valence-electron chi connectivity index (χ4n) is 1.72. The van der Waals surface area contributed by atoms with Crippen molar-refractivity contribution in [1.29, 1.82) is 0 Å². The molecule has 1 rings (SSSR count). The smallest absolute Gasteiger partial charge is 0.251 e. The molecule has 0 aliphatic heterocycles. The zero-order valence-electron chi connectivity index (χ0n) is 11.2. The molecule has 0 heterocycles. The number of amides is 1. The van der Waals surface area contributed by atoms with Gasteiger partial charge in [0.1, 0.15) is 0 Å². The Kier molecular flexibility index (Phi) is 6.81. The van der Waals surface area contributed by atoms with Gasteiger partial charge in [0, 0.05) is 18.0 Å². The molecule has 1 atom stereocenters. The summed E-state index contributed by atoms with van der Waals surface area (Å²) in [6.45, 7) is 4.95. The lowest BCUT2D eigenvalue weighted by Gasteiger charge is -2.08. The average Bonchev–Trinajstić information content (AvgIpc) is 2.43. The van der Waals surface area contributed by atoms with Crippen molar-refractivity contribution < 1.29 is 4.79 Å². The molecule has 1 unspecified atom stereocenters.